The molecule has 11 heteroatoms. The molecule has 0 saturated carbocycles. The van der Waals surface area contributed by atoms with Crippen LogP contribution in [0, 0.1) is 29.8 Å². The van der Waals surface area contributed by atoms with Crippen molar-refractivity contribution in [2.24, 2.45) is 0 Å². The zero-order valence-corrected chi connectivity index (χ0v) is 21.6. The number of rotatable bonds is 9. The van der Waals surface area contributed by atoms with Gasteiger partial charge >= 0.3 is 0 Å². The fraction of sp³-hybridized carbons (Fsp3) is 0.200. The summed E-state index contributed by atoms with van der Waals surface area (Å²) in [4.78, 5) is 11.1. The lowest BCUT2D eigenvalue weighted by molar-refractivity contribution is -0.479. The van der Waals surface area contributed by atoms with Gasteiger partial charge in [0.25, 0.3) is 0 Å². The molecule has 1 heterocycles. The standard InChI is InChI=1S/C25H21Cl2FN4O3S/c1-15-5-3-8-20(9-15)32-16(2)29-30-25(32)36-23(13-31(33)34)18-11-21(26)24(22(27)12-18)35-14-17-6-4-7-19(28)10-17/h3-12,23H,13-14H2,1-2H3/t23-/m0/s1. The molecule has 0 aliphatic carbocycles. The van der Waals surface area contributed by atoms with Gasteiger partial charge in [-0.3, -0.25) is 14.7 Å². The first-order chi connectivity index (χ1) is 17.2. The van der Waals surface area contributed by atoms with Crippen LogP contribution in [0.2, 0.25) is 10.0 Å². The first-order valence-electron chi connectivity index (χ1n) is 10.8. The third kappa shape index (κ3) is 6.16. The third-order valence-corrected chi connectivity index (χ3v) is 7.02. The summed E-state index contributed by atoms with van der Waals surface area (Å²) in [5.74, 6) is 0.493. The maximum atomic E-state index is 13.5. The van der Waals surface area contributed by atoms with E-state index >= 15 is 0 Å². The Morgan fingerprint density at radius 3 is 2.47 bits per heavy atom. The second kappa shape index (κ2) is 11.3. The molecule has 4 rings (SSSR count). The van der Waals surface area contributed by atoms with Gasteiger partial charge in [-0.25, -0.2) is 4.39 Å². The Hall–Kier alpha value is -3.14. The highest BCUT2D eigenvalue weighted by Gasteiger charge is 2.26. The van der Waals surface area contributed by atoms with Crippen molar-refractivity contribution in [3.63, 3.8) is 0 Å². The largest absolute Gasteiger partial charge is 0.486 e. The van der Waals surface area contributed by atoms with Gasteiger partial charge in [0, 0.05) is 10.6 Å². The van der Waals surface area contributed by atoms with Crippen molar-refractivity contribution in [3.8, 4) is 11.4 Å². The molecule has 0 amide bonds. The van der Waals surface area contributed by atoms with Crippen LogP contribution in [0.4, 0.5) is 4.39 Å². The molecule has 0 aliphatic rings. The van der Waals surface area contributed by atoms with Crippen molar-refractivity contribution < 1.29 is 14.1 Å². The molecule has 36 heavy (non-hydrogen) atoms. The molecule has 0 fully saturated rings. The maximum Gasteiger partial charge on any atom is 0.220 e. The van der Waals surface area contributed by atoms with E-state index in [0.29, 0.717) is 22.1 Å². The van der Waals surface area contributed by atoms with Gasteiger partial charge in [0.1, 0.15) is 23.5 Å². The number of hydrogen-bond acceptors (Lipinski definition) is 6. The van der Waals surface area contributed by atoms with Crippen LogP contribution in [0.1, 0.15) is 27.8 Å². The molecule has 0 bridgehead atoms. The molecule has 0 unspecified atom stereocenters. The Bertz CT molecular complexity index is 1390. The summed E-state index contributed by atoms with van der Waals surface area (Å²) < 4.78 is 21.0. The van der Waals surface area contributed by atoms with Gasteiger partial charge in [-0.05, 0) is 66.9 Å². The van der Waals surface area contributed by atoms with E-state index in [-0.39, 0.29) is 34.8 Å². The van der Waals surface area contributed by atoms with E-state index in [1.807, 2.05) is 42.7 Å². The zero-order valence-electron chi connectivity index (χ0n) is 19.3. The lowest BCUT2D eigenvalue weighted by Gasteiger charge is -2.17. The fourth-order valence-electron chi connectivity index (χ4n) is 3.64. The first-order valence-corrected chi connectivity index (χ1v) is 12.5. The van der Waals surface area contributed by atoms with Crippen LogP contribution in [-0.4, -0.2) is 26.2 Å². The average Bonchev–Trinajstić information content (AvgIpc) is 3.17. The Labute approximate surface area is 221 Å². The smallest absolute Gasteiger partial charge is 0.220 e. The van der Waals surface area contributed by atoms with Crippen LogP contribution < -0.4 is 4.74 Å². The maximum absolute atomic E-state index is 13.5. The summed E-state index contributed by atoms with van der Waals surface area (Å²) in [6.07, 6.45) is 0. The highest BCUT2D eigenvalue weighted by atomic mass is 35.5. The van der Waals surface area contributed by atoms with Gasteiger partial charge in [0.15, 0.2) is 10.9 Å². The van der Waals surface area contributed by atoms with E-state index < -0.39 is 10.2 Å². The number of nitrogens with zero attached hydrogens (tertiary/aromatic N) is 4. The van der Waals surface area contributed by atoms with Crippen LogP contribution in [0.25, 0.3) is 5.69 Å². The van der Waals surface area contributed by atoms with Crippen molar-refractivity contribution in [2.45, 2.75) is 30.9 Å². The van der Waals surface area contributed by atoms with E-state index in [1.165, 1.54) is 23.9 Å². The molecule has 4 aromatic rings. The second-order valence-corrected chi connectivity index (χ2v) is 10.0. The highest BCUT2D eigenvalue weighted by molar-refractivity contribution is 7.99. The Morgan fingerprint density at radius 2 is 1.81 bits per heavy atom. The third-order valence-electron chi connectivity index (χ3n) is 5.28. The molecule has 1 atom stereocenters. The zero-order chi connectivity index (χ0) is 25.8. The Kier molecular flexibility index (Phi) is 8.13. The molecule has 0 spiro atoms. The Morgan fingerprint density at radius 1 is 1.08 bits per heavy atom. The van der Waals surface area contributed by atoms with Crippen LogP contribution in [0.3, 0.4) is 0 Å². The normalized spacial score (nSPS) is 11.9. The predicted octanol–water partition coefficient (Wildman–Crippen LogP) is 7.02. The van der Waals surface area contributed by atoms with E-state index in [1.54, 1.807) is 24.3 Å². The van der Waals surface area contributed by atoms with E-state index in [2.05, 4.69) is 10.2 Å². The van der Waals surface area contributed by atoms with E-state index in [4.69, 9.17) is 27.9 Å². The molecular weight excluding hydrogens is 526 g/mol. The summed E-state index contributed by atoms with van der Waals surface area (Å²) >= 11 is 14.1. The van der Waals surface area contributed by atoms with Crippen molar-refractivity contribution in [2.75, 3.05) is 6.54 Å². The number of halogens is 3. The number of hydrogen-bond donors (Lipinski definition) is 0. The molecule has 3 aromatic carbocycles. The van der Waals surface area contributed by atoms with Crippen LogP contribution in [0.5, 0.6) is 5.75 Å². The molecule has 186 valence electrons. The van der Waals surface area contributed by atoms with Gasteiger partial charge < -0.3 is 4.74 Å². The second-order valence-electron chi connectivity index (χ2n) is 8.06. The first kappa shape index (κ1) is 25.9. The summed E-state index contributed by atoms with van der Waals surface area (Å²) in [6.45, 7) is 3.47. The molecule has 0 N–H and O–H groups in total. The summed E-state index contributed by atoms with van der Waals surface area (Å²) in [5, 5.41) is 20.2. The van der Waals surface area contributed by atoms with Crippen LogP contribution in [-0.2, 0) is 6.61 Å². The lowest BCUT2D eigenvalue weighted by atomic mass is 10.1. The van der Waals surface area contributed by atoms with Crippen LogP contribution >= 0.6 is 35.0 Å². The predicted molar refractivity (Wildman–Crippen MR) is 138 cm³/mol. The van der Waals surface area contributed by atoms with Gasteiger partial charge in [-0.1, -0.05) is 59.2 Å². The average molecular weight is 547 g/mol. The van der Waals surface area contributed by atoms with Gasteiger partial charge in [-0.2, -0.15) is 0 Å². The number of thioether (sulfide) groups is 1. The summed E-state index contributed by atoms with van der Waals surface area (Å²) in [6, 6.07) is 17.0. The van der Waals surface area contributed by atoms with Crippen molar-refractivity contribution in [1.82, 2.24) is 14.8 Å². The minimum absolute atomic E-state index is 0.0580. The van der Waals surface area contributed by atoms with Gasteiger partial charge in [0.05, 0.1) is 10.0 Å². The summed E-state index contributed by atoms with van der Waals surface area (Å²) in [7, 11) is 0. The van der Waals surface area contributed by atoms with E-state index in [9.17, 15) is 14.5 Å². The lowest BCUT2D eigenvalue weighted by Crippen LogP contribution is -2.11. The monoisotopic (exact) mass is 546 g/mol. The fourth-order valence-corrected chi connectivity index (χ4v) is 5.41. The minimum Gasteiger partial charge on any atom is -0.486 e. The van der Waals surface area contributed by atoms with Crippen LogP contribution in [0.15, 0.2) is 65.8 Å². The molecular formula is C25H21Cl2FN4O3S. The number of aromatic nitrogens is 3. The van der Waals surface area contributed by atoms with Crippen molar-refractivity contribution in [1.29, 1.82) is 0 Å². The number of benzene rings is 3. The number of aryl methyl sites for hydroxylation is 2. The van der Waals surface area contributed by atoms with Gasteiger partial charge in [-0.15, -0.1) is 10.2 Å². The Balaban J connectivity index is 1.62. The molecule has 0 radical (unpaired) electrons. The number of ether oxygens (including phenoxy) is 1. The van der Waals surface area contributed by atoms with E-state index in [0.717, 1.165) is 11.3 Å². The molecule has 1 aromatic heterocycles. The van der Waals surface area contributed by atoms with Crippen molar-refractivity contribution in [3.05, 3.63) is 109 Å². The summed E-state index contributed by atoms with van der Waals surface area (Å²) in [5.41, 5.74) is 3.07. The topological polar surface area (TPSA) is 83.1 Å². The minimum atomic E-state index is -0.653. The highest BCUT2D eigenvalue weighted by Crippen LogP contribution is 2.42. The van der Waals surface area contributed by atoms with Crippen molar-refractivity contribution >= 4 is 35.0 Å². The quantitative estimate of drug-likeness (QED) is 0.127. The molecule has 7 nitrogen and oxygen atoms in total. The number of nitro groups is 1. The molecule has 0 saturated heterocycles. The van der Waals surface area contributed by atoms with Gasteiger partial charge in [0.2, 0.25) is 6.54 Å². The SMILES string of the molecule is Cc1cccc(-n2c(C)nnc2S[C@@H](C[N+](=O)[O-])c2cc(Cl)c(OCc3cccc(F)c3)c(Cl)c2)c1. The molecule has 0 aliphatic heterocycles.